The monoisotopic (exact) mass is 344 g/mol. The topological polar surface area (TPSA) is 36.9 Å². The zero-order valence-electron chi connectivity index (χ0n) is 10.6. The molecule has 2 aliphatic rings. The molecular formula is C10H8F8O4. The van der Waals surface area contributed by atoms with E-state index in [1.54, 1.807) is 0 Å². The highest BCUT2D eigenvalue weighted by atomic mass is 19.4. The number of alkyl halides is 6. The SMILES string of the molecule is C=C1OCC(C)O1.FC(F)=C1OC(F)(F)C(F)(C(F)(F)F)O1. The first-order chi connectivity index (χ1) is 9.80. The second-order valence-corrected chi connectivity index (χ2v) is 3.97. The summed E-state index contributed by atoms with van der Waals surface area (Å²) >= 11 is 0. The van der Waals surface area contributed by atoms with Gasteiger partial charge in [0.15, 0.2) is 0 Å². The average molecular weight is 344 g/mol. The van der Waals surface area contributed by atoms with E-state index >= 15 is 0 Å². The molecule has 0 aromatic heterocycles. The highest BCUT2D eigenvalue weighted by molar-refractivity contribution is 5.01. The van der Waals surface area contributed by atoms with E-state index in [9.17, 15) is 35.1 Å². The molecule has 2 heterocycles. The molecule has 0 N–H and O–H groups in total. The lowest BCUT2D eigenvalue weighted by atomic mass is 10.3. The molecular weight excluding hydrogens is 336 g/mol. The molecule has 2 unspecified atom stereocenters. The van der Waals surface area contributed by atoms with Crippen molar-refractivity contribution in [1.29, 1.82) is 0 Å². The van der Waals surface area contributed by atoms with Crippen molar-refractivity contribution >= 4 is 0 Å². The van der Waals surface area contributed by atoms with Crippen LogP contribution in [0.2, 0.25) is 0 Å². The minimum Gasteiger partial charge on any atom is -0.462 e. The van der Waals surface area contributed by atoms with Crippen molar-refractivity contribution in [2.75, 3.05) is 6.61 Å². The zero-order chi connectivity index (χ0) is 17.3. The first kappa shape index (κ1) is 18.2. The Morgan fingerprint density at radius 3 is 1.91 bits per heavy atom. The fourth-order valence-corrected chi connectivity index (χ4v) is 1.19. The highest BCUT2D eigenvalue weighted by Crippen LogP contribution is 2.53. The van der Waals surface area contributed by atoms with Crippen molar-refractivity contribution in [3.05, 3.63) is 24.6 Å². The molecule has 0 spiro atoms. The van der Waals surface area contributed by atoms with Gasteiger partial charge >= 0.3 is 30.2 Å². The van der Waals surface area contributed by atoms with E-state index in [0.717, 1.165) is 0 Å². The summed E-state index contributed by atoms with van der Waals surface area (Å²) in [6.45, 7) is 6.05. The Bertz CT molecular complexity index is 470. The van der Waals surface area contributed by atoms with Gasteiger partial charge in [-0.05, 0) is 13.5 Å². The summed E-state index contributed by atoms with van der Waals surface area (Å²) in [5.41, 5.74) is 0. The third-order valence-corrected chi connectivity index (χ3v) is 2.16. The van der Waals surface area contributed by atoms with Crippen molar-refractivity contribution in [1.82, 2.24) is 0 Å². The predicted octanol–water partition coefficient (Wildman–Crippen LogP) is 3.81. The van der Waals surface area contributed by atoms with Crippen molar-refractivity contribution in [2.24, 2.45) is 0 Å². The summed E-state index contributed by atoms with van der Waals surface area (Å²) in [6.07, 6.45) is -14.7. The molecule has 128 valence electrons. The minimum atomic E-state index is -6.21. The molecule has 2 atom stereocenters. The first-order valence-corrected chi connectivity index (χ1v) is 5.35. The highest BCUT2D eigenvalue weighted by Gasteiger charge is 2.81. The molecule has 2 rings (SSSR count). The third-order valence-electron chi connectivity index (χ3n) is 2.16. The summed E-state index contributed by atoms with van der Waals surface area (Å²) in [6, 6.07) is 0. The third kappa shape index (κ3) is 3.47. The maximum Gasteiger partial charge on any atom is 0.483 e. The van der Waals surface area contributed by atoms with Crippen LogP contribution in [0, 0.1) is 0 Å². The van der Waals surface area contributed by atoms with Crippen LogP contribution < -0.4 is 0 Å². The molecule has 0 saturated carbocycles. The second kappa shape index (κ2) is 5.72. The summed E-state index contributed by atoms with van der Waals surface area (Å²) in [4.78, 5) is 0. The van der Waals surface area contributed by atoms with E-state index in [0.29, 0.717) is 12.6 Å². The van der Waals surface area contributed by atoms with Gasteiger partial charge in [0.2, 0.25) is 0 Å². The minimum absolute atomic E-state index is 0.201. The quantitative estimate of drug-likeness (QED) is 0.626. The van der Waals surface area contributed by atoms with Gasteiger partial charge in [-0.1, -0.05) is 0 Å². The van der Waals surface area contributed by atoms with Crippen LogP contribution in [0.3, 0.4) is 0 Å². The molecule has 2 saturated heterocycles. The fraction of sp³-hybridized carbons (Fsp3) is 0.600. The molecule has 2 aliphatic heterocycles. The van der Waals surface area contributed by atoms with Crippen LogP contribution in [0.25, 0.3) is 0 Å². The van der Waals surface area contributed by atoms with Crippen molar-refractivity contribution in [2.45, 2.75) is 31.2 Å². The van der Waals surface area contributed by atoms with Gasteiger partial charge in [0.05, 0.1) is 0 Å². The maximum atomic E-state index is 12.6. The molecule has 12 heteroatoms. The largest absolute Gasteiger partial charge is 0.483 e. The zero-order valence-corrected chi connectivity index (χ0v) is 10.6. The van der Waals surface area contributed by atoms with Crippen LogP contribution in [0.5, 0.6) is 0 Å². The maximum absolute atomic E-state index is 12.6. The number of hydrogen-bond donors (Lipinski definition) is 0. The predicted molar refractivity (Wildman–Crippen MR) is 51.9 cm³/mol. The summed E-state index contributed by atoms with van der Waals surface area (Å²) in [5.74, 6) is -7.65. The lowest BCUT2D eigenvalue weighted by Crippen LogP contribution is -2.53. The molecule has 0 aromatic rings. The van der Waals surface area contributed by atoms with Crippen LogP contribution in [0.15, 0.2) is 24.6 Å². The number of ether oxygens (including phenoxy) is 4. The summed E-state index contributed by atoms with van der Waals surface area (Å²) < 4.78 is 111. The molecule has 0 aliphatic carbocycles. The Hall–Kier alpha value is -1.88. The van der Waals surface area contributed by atoms with E-state index in [4.69, 9.17) is 9.47 Å². The van der Waals surface area contributed by atoms with Crippen LogP contribution in [0.4, 0.5) is 35.1 Å². The van der Waals surface area contributed by atoms with Gasteiger partial charge in [0.25, 0.3) is 5.95 Å². The summed E-state index contributed by atoms with van der Waals surface area (Å²) in [7, 11) is 0. The van der Waals surface area contributed by atoms with E-state index in [1.165, 1.54) is 0 Å². The molecule has 4 nitrogen and oxygen atoms in total. The van der Waals surface area contributed by atoms with Gasteiger partial charge in [0, 0.05) is 0 Å². The van der Waals surface area contributed by atoms with Crippen LogP contribution >= 0.6 is 0 Å². The van der Waals surface area contributed by atoms with Gasteiger partial charge in [-0.3, -0.25) is 0 Å². The van der Waals surface area contributed by atoms with E-state index < -0.39 is 30.2 Å². The van der Waals surface area contributed by atoms with Crippen LogP contribution in [-0.4, -0.2) is 30.9 Å². The first-order valence-electron chi connectivity index (χ1n) is 5.35. The number of rotatable bonds is 0. The standard InChI is InChI=1S/C5F8O2.C5H8O2/c6-1(7)2-14-3(8,4(9,10)11)5(12,13)15-2;1-4-3-6-5(2)7-4/h;4H,2-3H2,1H3. The molecule has 0 amide bonds. The van der Waals surface area contributed by atoms with Crippen LogP contribution in [-0.2, 0) is 18.9 Å². The fourth-order valence-electron chi connectivity index (χ4n) is 1.19. The second-order valence-electron chi connectivity index (χ2n) is 3.97. The molecule has 22 heavy (non-hydrogen) atoms. The Morgan fingerprint density at radius 2 is 1.73 bits per heavy atom. The Balaban J connectivity index is 0.000000287. The van der Waals surface area contributed by atoms with E-state index in [1.807, 2.05) is 6.92 Å². The average Bonchev–Trinajstić information content (AvgIpc) is 2.81. The summed E-state index contributed by atoms with van der Waals surface area (Å²) in [5, 5.41) is 0. The van der Waals surface area contributed by atoms with Crippen molar-refractivity contribution in [3.63, 3.8) is 0 Å². The lowest BCUT2D eigenvalue weighted by molar-refractivity contribution is -0.393. The Labute approximate surface area is 117 Å². The van der Waals surface area contributed by atoms with Crippen molar-refractivity contribution in [3.8, 4) is 0 Å². The normalized spacial score (nSPS) is 29.6. The molecule has 2 fully saturated rings. The van der Waals surface area contributed by atoms with Gasteiger partial charge < -0.3 is 18.9 Å². The molecule has 0 radical (unpaired) electrons. The molecule has 0 bridgehead atoms. The Morgan fingerprint density at radius 1 is 1.18 bits per heavy atom. The van der Waals surface area contributed by atoms with Gasteiger partial charge in [-0.15, -0.1) is 0 Å². The Kier molecular flexibility index (Phi) is 4.73. The van der Waals surface area contributed by atoms with E-state index in [2.05, 4.69) is 16.1 Å². The molecule has 0 aromatic carbocycles. The van der Waals surface area contributed by atoms with Gasteiger partial charge in [-0.2, -0.15) is 35.1 Å². The smallest absolute Gasteiger partial charge is 0.462 e. The van der Waals surface area contributed by atoms with E-state index in [-0.39, 0.29) is 6.10 Å². The van der Waals surface area contributed by atoms with Crippen molar-refractivity contribution < 1.29 is 54.1 Å². The van der Waals surface area contributed by atoms with Gasteiger partial charge in [-0.25, -0.2) is 0 Å². The lowest BCUT2D eigenvalue weighted by Gasteiger charge is -2.23. The van der Waals surface area contributed by atoms with Gasteiger partial charge in [0.1, 0.15) is 12.7 Å². The number of hydrogen-bond acceptors (Lipinski definition) is 4. The number of halogens is 8. The van der Waals surface area contributed by atoms with Crippen LogP contribution in [0.1, 0.15) is 6.92 Å².